The van der Waals surface area contributed by atoms with Crippen LogP contribution in [0.3, 0.4) is 0 Å². The predicted molar refractivity (Wildman–Crippen MR) is 107 cm³/mol. The summed E-state index contributed by atoms with van der Waals surface area (Å²) in [5.41, 5.74) is 0.949. The molecule has 28 heavy (non-hydrogen) atoms. The van der Waals surface area contributed by atoms with Crippen LogP contribution in [-0.2, 0) is 11.3 Å². The number of hydrogen-bond donors (Lipinski definition) is 0. The zero-order valence-corrected chi connectivity index (χ0v) is 16.1. The lowest BCUT2D eigenvalue weighted by molar-refractivity contribution is -0.385. The minimum atomic E-state index is -0.523. The van der Waals surface area contributed by atoms with Gasteiger partial charge in [0.2, 0.25) is 0 Å². The molecule has 8 heteroatoms. The highest BCUT2D eigenvalue weighted by Crippen LogP contribution is 2.34. The lowest BCUT2D eigenvalue weighted by atomic mass is 10.1. The molecule has 1 aliphatic heterocycles. The highest BCUT2D eigenvalue weighted by atomic mass is 32.2. The third kappa shape index (κ3) is 4.40. The van der Waals surface area contributed by atoms with Gasteiger partial charge < -0.3 is 4.74 Å². The highest BCUT2D eigenvalue weighted by molar-refractivity contribution is 8.18. The molecule has 1 heterocycles. The number of nitrogens with zero attached hydrogens (tertiary/aromatic N) is 2. The molecular weight excluding hydrogens is 380 g/mol. The maximum Gasteiger partial charge on any atom is 0.293 e. The first kappa shape index (κ1) is 19.6. The van der Waals surface area contributed by atoms with Gasteiger partial charge in [-0.05, 0) is 49.4 Å². The Labute approximate surface area is 166 Å². The number of carbonyl (C=O) groups excluding carboxylic acids is 2. The summed E-state index contributed by atoms with van der Waals surface area (Å²) < 4.78 is 5.58. The lowest BCUT2D eigenvalue weighted by Gasteiger charge is -2.12. The Bertz CT molecular complexity index is 953. The van der Waals surface area contributed by atoms with Gasteiger partial charge in [0.1, 0.15) is 5.75 Å². The second-order valence-corrected chi connectivity index (χ2v) is 7.38. The molecule has 2 aromatic carbocycles. The van der Waals surface area contributed by atoms with Crippen molar-refractivity contribution in [3.05, 3.63) is 74.7 Å². The van der Waals surface area contributed by atoms with E-state index in [9.17, 15) is 19.7 Å². The van der Waals surface area contributed by atoms with Gasteiger partial charge in [-0.2, -0.15) is 0 Å². The van der Waals surface area contributed by atoms with Crippen LogP contribution in [0.5, 0.6) is 5.75 Å². The van der Waals surface area contributed by atoms with Gasteiger partial charge in [0.25, 0.3) is 16.8 Å². The number of hydrogen-bond acceptors (Lipinski definition) is 6. The molecule has 2 aromatic rings. The van der Waals surface area contributed by atoms with Crippen molar-refractivity contribution in [1.29, 1.82) is 0 Å². The maximum atomic E-state index is 12.6. The number of imide groups is 1. The Balaban J connectivity index is 1.78. The largest absolute Gasteiger partial charge is 0.491 e. The second-order valence-electron chi connectivity index (χ2n) is 6.39. The monoisotopic (exact) mass is 398 g/mol. The molecule has 0 N–H and O–H groups in total. The number of amides is 2. The van der Waals surface area contributed by atoms with E-state index >= 15 is 0 Å². The Kier molecular flexibility index (Phi) is 5.79. The van der Waals surface area contributed by atoms with Crippen molar-refractivity contribution in [1.82, 2.24) is 4.90 Å². The fraction of sp³-hybridized carbons (Fsp3) is 0.200. The van der Waals surface area contributed by atoms with Crippen LogP contribution in [-0.4, -0.2) is 27.1 Å². The molecule has 0 aromatic heterocycles. The van der Waals surface area contributed by atoms with E-state index in [1.54, 1.807) is 48.5 Å². The number of para-hydroxylation sites is 1. The molecule has 0 unspecified atom stereocenters. The molecule has 1 saturated heterocycles. The summed E-state index contributed by atoms with van der Waals surface area (Å²) in [7, 11) is 0. The molecular formula is C20H18N2O5S. The van der Waals surface area contributed by atoms with E-state index in [0.29, 0.717) is 5.56 Å². The molecule has 0 atom stereocenters. The first-order valence-corrected chi connectivity index (χ1v) is 9.41. The van der Waals surface area contributed by atoms with Gasteiger partial charge in [-0.3, -0.25) is 24.6 Å². The summed E-state index contributed by atoms with van der Waals surface area (Å²) in [6, 6.07) is 13.3. The molecule has 0 bridgehead atoms. The first-order chi connectivity index (χ1) is 13.3. The quantitative estimate of drug-likeness (QED) is 0.401. The molecule has 0 saturated carbocycles. The van der Waals surface area contributed by atoms with Crippen LogP contribution in [0.15, 0.2) is 53.4 Å². The topological polar surface area (TPSA) is 89.8 Å². The molecule has 7 nitrogen and oxygen atoms in total. The summed E-state index contributed by atoms with van der Waals surface area (Å²) in [5, 5.41) is 10.7. The van der Waals surface area contributed by atoms with E-state index in [-0.39, 0.29) is 23.2 Å². The van der Waals surface area contributed by atoms with Crippen molar-refractivity contribution < 1.29 is 19.2 Å². The molecule has 0 radical (unpaired) electrons. The average Bonchev–Trinajstić information content (AvgIpc) is 2.90. The van der Waals surface area contributed by atoms with Crippen LogP contribution in [0.2, 0.25) is 0 Å². The molecule has 0 aliphatic carbocycles. The van der Waals surface area contributed by atoms with Crippen molar-refractivity contribution in [3.63, 3.8) is 0 Å². The molecule has 1 aliphatic rings. The van der Waals surface area contributed by atoms with Gasteiger partial charge in [-0.25, -0.2) is 0 Å². The zero-order chi connectivity index (χ0) is 20.3. The molecule has 2 amide bonds. The fourth-order valence-corrected chi connectivity index (χ4v) is 3.53. The van der Waals surface area contributed by atoms with Gasteiger partial charge in [0.05, 0.1) is 22.5 Å². The van der Waals surface area contributed by atoms with Gasteiger partial charge in [-0.15, -0.1) is 0 Å². The fourth-order valence-electron chi connectivity index (χ4n) is 2.70. The van der Waals surface area contributed by atoms with Crippen LogP contribution in [0.4, 0.5) is 10.5 Å². The number of nitro groups is 1. The van der Waals surface area contributed by atoms with Crippen molar-refractivity contribution in [2.45, 2.75) is 26.5 Å². The first-order valence-electron chi connectivity index (χ1n) is 8.59. The van der Waals surface area contributed by atoms with Gasteiger partial charge in [0.15, 0.2) is 0 Å². The van der Waals surface area contributed by atoms with E-state index in [1.807, 2.05) is 13.8 Å². The van der Waals surface area contributed by atoms with Gasteiger partial charge in [-0.1, -0.05) is 30.3 Å². The number of nitro benzene ring substituents is 1. The minimum Gasteiger partial charge on any atom is -0.491 e. The number of ether oxygens (including phenoxy) is 1. The zero-order valence-electron chi connectivity index (χ0n) is 15.3. The van der Waals surface area contributed by atoms with E-state index in [2.05, 4.69) is 0 Å². The van der Waals surface area contributed by atoms with Crippen LogP contribution < -0.4 is 4.74 Å². The van der Waals surface area contributed by atoms with E-state index in [0.717, 1.165) is 28.0 Å². The Hall–Kier alpha value is -3.13. The van der Waals surface area contributed by atoms with Crippen LogP contribution in [0.1, 0.15) is 25.0 Å². The molecule has 0 spiro atoms. The second kappa shape index (κ2) is 8.26. The van der Waals surface area contributed by atoms with E-state index < -0.39 is 16.1 Å². The standard InChI is InChI=1S/C20H18N2O5S/c1-13(2)27-16-9-7-14(8-10-16)11-18-19(23)21(20(24)28-18)12-15-5-3-4-6-17(15)22(25)26/h3-11,13H,12H2,1-2H3/b18-11-. The van der Waals surface area contributed by atoms with Crippen LogP contribution in [0.25, 0.3) is 6.08 Å². The predicted octanol–water partition coefficient (Wildman–Crippen LogP) is 4.62. The number of carbonyl (C=O) groups is 2. The summed E-state index contributed by atoms with van der Waals surface area (Å²) in [6.45, 7) is 3.72. The van der Waals surface area contributed by atoms with Crippen molar-refractivity contribution in [2.75, 3.05) is 0 Å². The third-order valence-electron chi connectivity index (χ3n) is 3.94. The normalized spacial score (nSPS) is 15.5. The summed E-state index contributed by atoms with van der Waals surface area (Å²) >= 11 is 0.822. The van der Waals surface area contributed by atoms with Gasteiger partial charge in [0, 0.05) is 11.6 Å². The van der Waals surface area contributed by atoms with E-state index in [1.165, 1.54) is 6.07 Å². The highest BCUT2D eigenvalue weighted by Gasteiger charge is 2.36. The minimum absolute atomic E-state index is 0.0596. The number of thioether (sulfide) groups is 1. The summed E-state index contributed by atoms with van der Waals surface area (Å²) in [5.74, 6) is 0.257. The van der Waals surface area contributed by atoms with Crippen LogP contribution >= 0.6 is 11.8 Å². The Morgan fingerprint density at radius 3 is 2.46 bits per heavy atom. The lowest BCUT2D eigenvalue weighted by Crippen LogP contribution is -2.27. The van der Waals surface area contributed by atoms with Crippen molar-refractivity contribution in [2.24, 2.45) is 0 Å². The average molecular weight is 398 g/mol. The van der Waals surface area contributed by atoms with Crippen molar-refractivity contribution in [3.8, 4) is 5.75 Å². The SMILES string of the molecule is CC(C)Oc1ccc(/C=C2\SC(=O)N(Cc3ccccc3[N+](=O)[O-])C2=O)cc1. The van der Waals surface area contributed by atoms with Crippen molar-refractivity contribution >= 4 is 34.7 Å². The van der Waals surface area contributed by atoms with Crippen LogP contribution in [0, 0.1) is 10.1 Å². The molecule has 144 valence electrons. The summed E-state index contributed by atoms with van der Waals surface area (Å²) in [6.07, 6.45) is 1.69. The number of rotatable bonds is 6. The smallest absolute Gasteiger partial charge is 0.293 e. The molecule has 1 fully saturated rings. The Morgan fingerprint density at radius 1 is 1.14 bits per heavy atom. The van der Waals surface area contributed by atoms with Gasteiger partial charge >= 0.3 is 0 Å². The molecule has 3 rings (SSSR count). The maximum absolute atomic E-state index is 12.6. The summed E-state index contributed by atoms with van der Waals surface area (Å²) in [4.78, 5) is 36.9. The third-order valence-corrected chi connectivity index (χ3v) is 4.85. The Morgan fingerprint density at radius 2 is 1.82 bits per heavy atom. The number of benzene rings is 2. The van der Waals surface area contributed by atoms with E-state index in [4.69, 9.17) is 4.74 Å².